The maximum absolute atomic E-state index is 5.26. The molecule has 4 N–H and O–H groups in total. The summed E-state index contributed by atoms with van der Waals surface area (Å²) in [4.78, 5) is 0. The molecule has 0 aromatic rings. The van der Waals surface area contributed by atoms with Crippen molar-refractivity contribution in [1.29, 1.82) is 0 Å². The highest BCUT2D eigenvalue weighted by molar-refractivity contribution is 4.50. The Bertz CT molecular complexity index is 54.3. The summed E-state index contributed by atoms with van der Waals surface area (Å²) in [7, 11) is 0. The molecule has 0 unspecified atom stereocenters. The minimum Gasteiger partial charge on any atom is -0.329 e. The van der Waals surface area contributed by atoms with Crippen LogP contribution in [0.2, 0.25) is 0 Å². The zero-order chi connectivity index (χ0) is 7.11. The normalized spacial score (nSPS) is 10.7. The summed E-state index contributed by atoms with van der Waals surface area (Å²) in [5.74, 6) is 0. The van der Waals surface area contributed by atoms with Gasteiger partial charge in [-0.15, -0.1) is 0 Å². The molecule has 0 aliphatic heterocycles. The van der Waals surface area contributed by atoms with Crippen molar-refractivity contribution in [3.63, 3.8) is 0 Å². The molecule has 0 heterocycles. The molecule has 9 heavy (non-hydrogen) atoms. The van der Waals surface area contributed by atoms with Crippen molar-refractivity contribution in [1.82, 2.24) is 10.6 Å². The summed E-state index contributed by atoms with van der Waals surface area (Å²) in [6.45, 7) is 6.68. The topological polar surface area (TPSA) is 50.1 Å². The van der Waals surface area contributed by atoms with Crippen LogP contribution in [-0.2, 0) is 0 Å². The van der Waals surface area contributed by atoms with E-state index in [1.807, 2.05) is 0 Å². The Morgan fingerprint density at radius 3 is 2.56 bits per heavy atom. The van der Waals surface area contributed by atoms with Crippen LogP contribution in [0.25, 0.3) is 0 Å². The van der Waals surface area contributed by atoms with E-state index >= 15 is 0 Å². The number of rotatable bonds is 5. The Labute approximate surface area is 57.0 Å². The lowest BCUT2D eigenvalue weighted by atomic mass is 10.4. The minimum absolute atomic E-state index is 0.551. The lowest BCUT2D eigenvalue weighted by molar-refractivity contribution is 0.531. The van der Waals surface area contributed by atoms with Crippen LogP contribution in [0.1, 0.15) is 13.8 Å². The van der Waals surface area contributed by atoms with Gasteiger partial charge in [-0.25, -0.2) is 0 Å². The van der Waals surface area contributed by atoms with Gasteiger partial charge in [-0.2, -0.15) is 0 Å². The number of nitrogens with two attached hydrogens (primary N) is 1. The van der Waals surface area contributed by atoms with Gasteiger partial charge in [0.05, 0.1) is 0 Å². The van der Waals surface area contributed by atoms with Crippen LogP contribution in [0.5, 0.6) is 0 Å². The molecule has 0 aromatic heterocycles. The average molecular weight is 131 g/mol. The molecule has 3 nitrogen and oxygen atoms in total. The zero-order valence-electron chi connectivity index (χ0n) is 6.28. The van der Waals surface area contributed by atoms with Crippen LogP contribution < -0.4 is 16.4 Å². The minimum atomic E-state index is 0.551. The van der Waals surface area contributed by atoms with Gasteiger partial charge in [0, 0.05) is 25.8 Å². The molecule has 0 aromatic carbocycles. The van der Waals surface area contributed by atoms with E-state index in [4.69, 9.17) is 5.73 Å². The average Bonchev–Trinajstić information content (AvgIpc) is 1.80. The molecule has 0 radical (unpaired) electrons. The largest absolute Gasteiger partial charge is 0.329 e. The molecule has 0 rings (SSSR count). The highest BCUT2D eigenvalue weighted by Gasteiger charge is 1.87. The van der Waals surface area contributed by atoms with Crippen LogP contribution in [0.15, 0.2) is 0 Å². The fourth-order valence-electron chi connectivity index (χ4n) is 0.467. The Morgan fingerprint density at radius 2 is 2.11 bits per heavy atom. The molecule has 0 saturated carbocycles. The van der Waals surface area contributed by atoms with E-state index in [2.05, 4.69) is 24.5 Å². The fourth-order valence-corrected chi connectivity index (χ4v) is 0.467. The molecular weight excluding hydrogens is 114 g/mol. The third kappa shape index (κ3) is 7.88. The standard InChI is InChI=1S/C6H17N3/c1-6(2)9-5-8-4-3-7/h6,8-9H,3-5,7H2,1-2H3. The molecule has 0 amide bonds. The molecule has 0 saturated heterocycles. The zero-order valence-corrected chi connectivity index (χ0v) is 6.28. The van der Waals surface area contributed by atoms with Crippen molar-refractivity contribution < 1.29 is 0 Å². The van der Waals surface area contributed by atoms with Crippen LogP contribution in [0, 0.1) is 0 Å². The van der Waals surface area contributed by atoms with Crippen molar-refractivity contribution in [3.8, 4) is 0 Å². The van der Waals surface area contributed by atoms with E-state index < -0.39 is 0 Å². The molecule has 0 fully saturated rings. The summed E-state index contributed by atoms with van der Waals surface area (Å²) >= 11 is 0. The van der Waals surface area contributed by atoms with Crippen LogP contribution >= 0.6 is 0 Å². The van der Waals surface area contributed by atoms with Gasteiger partial charge in [0.15, 0.2) is 0 Å². The van der Waals surface area contributed by atoms with Crippen molar-refractivity contribution >= 4 is 0 Å². The van der Waals surface area contributed by atoms with Crippen LogP contribution in [0.4, 0.5) is 0 Å². The predicted octanol–water partition coefficient (Wildman–Crippen LogP) is -0.510. The SMILES string of the molecule is CC(C)NCNCCN. The van der Waals surface area contributed by atoms with Crippen molar-refractivity contribution in [2.24, 2.45) is 5.73 Å². The van der Waals surface area contributed by atoms with Crippen molar-refractivity contribution in [2.75, 3.05) is 19.8 Å². The number of hydrogen-bond acceptors (Lipinski definition) is 3. The summed E-state index contributed by atoms with van der Waals surface area (Å²) in [6.07, 6.45) is 0. The van der Waals surface area contributed by atoms with E-state index in [0.717, 1.165) is 13.2 Å². The van der Waals surface area contributed by atoms with E-state index in [1.165, 1.54) is 0 Å². The van der Waals surface area contributed by atoms with E-state index in [9.17, 15) is 0 Å². The molecule has 0 spiro atoms. The van der Waals surface area contributed by atoms with Gasteiger partial charge in [-0.05, 0) is 13.8 Å². The first-order valence-corrected chi connectivity index (χ1v) is 3.41. The molecule has 0 aliphatic carbocycles. The molecule has 0 atom stereocenters. The smallest absolute Gasteiger partial charge is 0.0456 e. The van der Waals surface area contributed by atoms with E-state index in [0.29, 0.717) is 12.6 Å². The summed E-state index contributed by atoms with van der Waals surface area (Å²) in [6, 6.07) is 0.551. The molecule has 0 bridgehead atoms. The summed E-state index contributed by atoms with van der Waals surface area (Å²) < 4.78 is 0. The van der Waals surface area contributed by atoms with Crippen molar-refractivity contribution in [3.05, 3.63) is 0 Å². The van der Waals surface area contributed by atoms with Gasteiger partial charge < -0.3 is 16.4 Å². The second kappa shape index (κ2) is 6.01. The molecule has 0 aliphatic rings. The van der Waals surface area contributed by atoms with Gasteiger partial charge in [-0.1, -0.05) is 0 Å². The molecule has 3 heteroatoms. The molecular formula is C6H17N3. The Hall–Kier alpha value is -0.120. The van der Waals surface area contributed by atoms with Gasteiger partial charge in [0.2, 0.25) is 0 Å². The first kappa shape index (κ1) is 8.88. The fraction of sp³-hybridized carbons (Fsp3) is 1.00. The lowest BCUT2D eigenvalue weighted by Crippen LogP contribution is -2.36. The Balaban J connectivity index is 2.75. The lowest BCUT2D eigenvalue weighted by Gasteiger charge is -2.07. The monoisotopic (exact) mass is 131 g/mol. The quantitative estimate of drug-likeness (QED) is 0.348. The summed E-state index contributed by atoms with van der Waals surface area (Å²) in [5.41, 5.74) is 5.26. The third-order valence-corrected chi connectivity index (χ3v) is 0.956. The Kier molecular flexibility index (Phi) is 5.93. The van der Waals surface area contributed by atoms with Gasteiger partial charge >= 0.3 is 0 Å². The van der Waals surface area contributed by atoms with Crippen LogP contribution in [-0.4, -0.2) is 25.8 Å². The van der Waals surface area contributed by atoms with Gasteiger partial charge in [0.1, 0.15) is 0 Å². The highest BCUT2D eigenvalue weighted by Crippen LogP contribution is 1.70. The van der Waals surface area contributed by atoms with Gasteiger partial charge in [0.25, 0.3) is 0 Å². The van der Waals surface area contributed by atoms with Crippen molar-refractivity contribution in [2.45, 2.75) is 19.9 Å². The first-order valence-electron chi connectivity index (χ1n) is 3.41. The van der Waals surface area contributed by atoms with Gasteiger partial charge in [-0.3, -0.25) is 0 Å². The second-order valence-corrected chi connectivity index (χ2v) is 2.32. The second-order valence-electron chi connectivity index (χ2n) is 2.32. The number of hydrogen-bond donors (Lipinski definition) is 3. The third-order valence-electron chi connectivity index (χ3n) is 0.956. The molecule has 56 valence electrons. The van der Waals surface area contributed by atoms with Crippen LogP contribution in [0.3, 0.4) is 0 Å². The maximum atomic E-state index is 5.26. The van der Waals surface area contributed by atoms with E-state index in [1.54, 1.807) is 0 Å². The number of nitrogens with one attached hydrogen (secondary N) is 2. The Morgan fingerprint density at radius 1 is 1.44 bits per heavy atom. The summed E-state index contributed by atoms with van der Waals surface area (Å²) in [5, 5.41) is 6.34. The maximum Gasteiger partial charge on any atom is 0.0456 e. The van der Waals surface area contributed by atoms with E-state index in [-0.39, 0.29) is 0 Å². The first-order chi connectivity index (χ1) is 4.27. The highest BCUT2D eigenvalue weighted by atomic mass is 15.1. The predicted molar refractivity (Wildman–Crippen MR) is 40.2 cm³/mol.